The van der Waals surface area contributed by atoms with E-state index in [-0.39, 0.29) is 0 Å². The summed E-state index contributed by atoms with van der Waals surface area (Å²) in [6.07, 6.45) is 8.06. The molecule has 1 aliphatic carbocycles. The Balaban J connectivity index is 1.39. The van der Waals surface area contributed by atoms with Gasteiger partial charge in [-0.05, 0) is 54.7 Å². The molecular weight excluding hydrogens is 296 g/mol. The fraction of sp³-hybridized carbons (Fsp3) is 0.650. The Morgan fingerprint density at radius 3 is 2.79 bits per heavy atom. The second-order valence-electron chi connectivity index (χ2n) is 7.91. The number of rotatable bonds is 2. The van der Waals surface area contributed by atoms with E-state index in [4.69, 9.17) is 0 Å². The molecule has 0 radical (unpaired) electrons. The lowest BCUT2D eigenvalue weighted by Gasteiger charge is -2.38. The van der Waals surface area contributed by atoms with Gasteiger partial charge in [-0.15, -0.1) is 0 Å². The van der Waals surface area contributed by atoms with Crippen LogP contribution in [-0.2, 0) is 13.0 Å². The zero-order valence-corrected chi connectivity index (χ0v) is 15.1. The number of benzene rings is 1. The number of likely N-dealkylation sites (tertiary alicyclic amines) is 1. The summed E-state index contributed by atoms with van der Waals surface area (Å²) in [5, 5.41) is 3.59. The van der Waals surface area contributed by atoms with Gasteiger partial charge in [0.25, 0.3) is 0 Å². The van der Waals surface area contributed by atoms with Crippen molar-refractivity contribution in [1.29, 1.82) is 0 Å². The lowest BCUT2D eigenvalue weighted by molar-refractivity contribution is 0.151. The normalized spacial score (nSPS) is 22.5. The van der Waals surface area contributed by atoms with Crippen LogP contribution in [0.3, 0.4) is 0 Å². The number of fused-ring (bicyclic) bond motifs is 1. The van der Waals surface area contributed by atoms with E-state index in [1.807, 2.05) is 7.05 Å². The molecule has 2 aliphatic heterocycles. The summed E-state index contributed by atoms with van der Waals surface area (Å²) >= 11 is 0. The van der Waals surface area contributed by atoms with E-state index in [0.29, 0.717) is 5.41 Å². The van der Waals surface area contributed by atoms with Gasteiger partial charge in [-0.1, -0.05) is 18.6 Å². The van der Waals surface area contributed by atoms with E-state index in [2.05, 4.69) is 45.4 Å². The molecule has 0 unspecified atom stereocenters. The highest BCUT2D eigenvalue weighted by Gasteiger charge is 2.43. The number of aryl methyl sites for hydroxylation is 1. The highest BCUT2D eigenvalue weighted by atomic mass is 15.3. The van der Waals surface area contributed by atoms with Gasteiger partial charge in [-0.2, -0.15) is 0 Å². The van der Waals surface area contributed by atoms with Crippen molar-refractivity contribution in [2.75, 3.05) is 38.6 Å². The molecule has 4 rings (SSSR count). The molecule has 130 valence electrons. The summed E-state index contributed by atoms with van der Waals surface area (Å²) in [5.74, 6) is 1.08. The molecule has 1 saturated heterocycles. The standard InChI is InChI=1S/C20H30N4/c1-21-19(24-12-10-20(15-24)8-4-9-20)22-14-16-6-7-18-17(13-16)5-3-11-23(18)2/h6-7,13H,3-5,8-12,14-15H2,1-2H3,(H,21,22). The van der Waals surface area contributed by atoms with Crippen LogP contribution < -0.4 is 10.2 Å². The average molecular weight is 326 g/mol. The molecule has 0 amide bonds. The van der Waals surface area contributed by atoms with Crippen LogP contribution in [0.5, 0.6) is 0 Å². The zero-order chi connectivity index (χ0) is 16.6. The SMILES string of the molecule is CN=C(NCc1ccc2c(c1)CCCN2C)N1CCC2(CCC2)C1. The van der Waals surface area contributed by atoms with Crippen molar-refractivity contribution in [1.82, 2.24) is 10.2 Å². The molecule has 4 heteroatoms. The van der Waals surface area contributed by atoms with Gasteiger partial charge >= 0.3 is 0 Å². The highest BCUT2D eigenvalue weighted by molar-refractivity contribution is 5.80. The van der Waals surface area contributed by atoms with E-state index in [0.717, 1.165) is 19.0 Å². The Morgan fingerprint density at radius 1 is 1.21 bits per heavy atom. The summed E-state index contributed by atoms with van der Waals surface area (Å²) < 4.78 is 0. The minimum Gasteiger partial charge on any atom is -0.374 e. The van der Waals surface area contributed by atoms with Crippen LogP contribution >= 0.6 is 0 Å². The maximum atomic E-state index is 4.53. The van der Waals surface area contributed by atoms with Crippen LogP contribution in [0.15, 0.2) is 23.2 Å². The predicted octanol–water partition coefficient (Wildman–Crippen LogP) is 3.02. The van der Waals surface area contributed by atoms with E-state index in [1.54, 1.807) is 0 Å². The van der Waals surface area contributed by atoms with Crippen molar-refractivity contribution >= 4 is 11.6 Å². The molecule has 1 spiro atoms. The van der Waals surface area contributed by atoms with Crippen molar-refractivity contribution in [3.63, 3.8) is 0 Å². The first kappa shape index (κ1) is 15.8. The van der Waals surface area contributed by atoms with Gasteiger partial charge in [-0.25, -0.2) is 0 Å². The van der Waals surface area contributed by atoms with Crippen molar-refractivity contribution < 1.29 is 0 Å². The summed E-state index contributed by atoms with van der Waals surface area (Å²) in [6.45, 7) is 4.40. The average Bonchev–Trinajstić information content (AvgIpc) is 3.01. The molecule has 0 atom stereocenters. The van der Waals surface area contributed by atoms with Crippen LogP contribution in [0.2, 0.25) is 0 Å². The Labute approximate surface area is 145 Å². The third kappa shape index (κ3) is 2.87. The van der Waals surface area contributed by atoms with E-state index < -0.39 is 0 Å². The number of hydrogen-bond acceptors (Lipinski definition) is 2. The quantitative estimate of drug-likeness (QED) is 0.669. The molecule has 2 fully saturated rings. The van der Waals surface area contributed by atoms with E-state index >= 15 is 0 Å². The number of nitrogens with zero attached hydrogens (tertiary/aromatic N) is 3. The Bertz CT molecular complexity index is 633. The fourth-order valence-corrected chi connectivity index (χ4v) is 4.66. The highest BCUT2D eigenvalue weighted by Crippen LogP contribution is 2.47. The van der Waals surface area contributed by atoms with Crippen LogP contribution in [0.4, 0.5) is 5.69 Å². The van der Waals surface area contributed by atoms with E-state index in [1.165, 1.54) is 68.4 Å². The molecule has 0 bridgehead atoms. The minimum absolute atomic E-state index is 0.619. The number of aliphatic imine (C=N–C) groups is 1. The monoisotopic (exact) mass is 326 g/mol. The van der Waals surface area contributed by atoms with Crippen molar-refractivity contribution in [2.24, 2.45) is 10.4 Å². The maximum Gasteiger partial charge on any atom is 0.193 e. The number of anilines is 1. The largest absolute Gasteiger partial charge is 0.374 e. The second-order valence-corrected chi connectivity index (χ2v) is 7.91. The van der Waals surface area contributed by atoms with Gasteiger partial charge in [0, 0.05) is 46.0 Å². The fourth-order valence-electron chi connectivity index (χ4n) is 4.66. The third-order valence-electron chi connectivity index (χ3n) is 6.31. The van der Waals surface area contributed by atoms with Crippen LogP contribution in [0.1, 0.15) is 43.2 Å². The van der Waals surface area contributed by atoms with Gasteiger partial charge in [0.1, 0.15) is 0 Å². The van der Waals surface area contributed by atoms with Crippen LogP contribution in [0.25, 0.3) is 0 Å². The van der Waals surface area contributed by atoms with Crippen LogP contribution in [0, 0.1) is 5.41 Å². The van der Waals surface area contributed by atoms with Crippen molar-refractivity contribution in [3.8, 4) is 0 Å². The Hall–Kier alpha value is -1.71. The Kier molecular flexibility index (Phi) is 4.15. The molecule has 1 aromatic carbocycles. The van der Waals surface area contributed by atoms with Gasteiger partial charge in [-0.3, -0.25) is 4.99 Å². The summed E-state index contributed by atoms with van der Waals surface area (Å²) in [4.78, 5) is 9.37. The third-order valence-corrected chi connectivity index (χ3v) is 6.31. The summed E-state index contributed by atoms with van der Waals surface area (Å²) in [7, 11) is 4.11. The molecule has 1 aromatic rings. The number of nitrogens with one attached hydrogen (secondary N) is 1. The molecule has 2 heterocycles. The van der Waals surface area contributed by atoms with Gasteiger partial charge in [0.15, 0.2) is 5.96 Å². The van der Waals surface area contributed by atoms with Crippen molar-refractivity contribution in [2.45, 2.75) is 45.1 Å². The first-order valence-electron chi connectivity index (χ1n) is 9.48. The lowest BCUT2D eigenvalue weighted by atomic mass is 9.68. The summed E-state index contributed by atoms with van der Waals surface area (Å²) in [6, 6.07) is 6.93. The second kappa shape index (κ2) is 6.30. The molecule has 4 nitrogen and oxygen atoms in total. The first-order chi connectivity index (χ1) is 11.7. The molecule has 3 aliphatic rings. The summed E-state index contributed by atoms with van der Waals surface area (Å²) in [5.41, 5.74) is 4.88. The van der Waals surface area contributed by atoms with Crippen LogP contribution in [-0.4, -0.2) is 44.6 Å². The molecule has 1 N–H and O–H groups in total. The maximum absolute atomic E-state index is 4.53. The van der Waals surface area contributed by atoms with Gasteiger partial charge in [0.05, 0.1) is 0 Å². The van der Waals surface area contributed by atoms with E-state index in [9.17, 15) is 0 Å². The smallest absolute Gasteiger partial charge is 0.193 e. The first-order valence-corrected chi connectivity index (χ1v) is 9.48. The number of hydrogen-bond donors (Lipinski definition) is 1. The van der Waals surface area contributed by atoms with Crippen molar-refractivity contribution in [3.05, 3.63) is 29.3 Å². The molecule has 24 heavy (non-hydrogen) atoms. The predicted molar refractivity (Wildman–Crippen MR) is 101 cm³/mol. The minimum atomic E-state index is 0.619. The number of guanidine groups is 1. The topological polar surface area (TPSA) is 30.9 Å². The Morgan fingerprint density at radius 2 is 2.08 bits per heavy atom. The van der Waals surface area contributed by atoms with Gasteiger partial charge < -0.3 is 15.1 Å². The zero-order valence-electron chi connectivity index (χ0n) is 15.1. The molecule has 1 saturated carbocycles. The lowest BCUT2D eigenvalue weighted by Crippen LogP contribution is -2.42. The molecule has 0 aromatic heterocycles. The van der Waals surface area contributed by atoms with Gasteiger partial charge in [0.2, 0.25) is 0 Å². The molecular formula is C20H30N4.